The summed E-state index contributed by atoms with van der Waals surface area (Å²) < 4.78 is 65.1. The molecule has 8 rings (SSSR count). The molecule has 148 heavy (non-hydrogen) atoms. The standard InChI is InChI=1S/C107H156N16O25/c1-14-74(8)97(88(138-12)68-92(128)121-49-23-33-87(121)99(139-13)75(9)100(129)114-85(105(134)135)67-77-25-16-15-17-26-77)119(10)104(133)94(72(4)5)116-103(132)96(73(6)7)120(11)107(137)148-70-78-34-37-80(38-35-78)112-101(130)84(31-22-45-111-106(108)136)113-102(131)93(71(2)3)115-90(126)44-52-141-56-60-145-64-65-146-61-57-142-53-48-110-89(125)40-41-91(127)122-69-79-27-18-19-29-82(79)95-98(83-30-20-21-32-86(83)122)123(118-117-95)50-54-143-58-62-147-66-63-144-59-55-140-51-24-28-81(124)39-36-76-42-46-109-47-43-76/h15-21,25-27,29-30,32,34-35,37-38,42-43,46-47,71-75,84-85,87-88,93-94,96-97,99H,14,22-24,28,31,33,36,39-41,44-45,48-70H2,1-13H3,(H,110,125)(H,112,130)(H,113,131)(H,114,129)(H,115,126)(H,116,132)(H,134,135)(H3,108,111,136)/t74-,75+,84-,85-,87-,88+,93-,94-,96-,97-,99+/m0/s1. The van der Waals surface area contributed by atoms with Crippen LogP contribution in [0.1, 0.15) is 162 Å². The molecule has 4 aromatic carbocycles. The number of aliphatic carboxylic acids is 1. The molecule has 2 aliphatic rings. The van der Waals surface area contributed by atoms with Crippen LogP contribution in [0.3, 0.4) is 0 Å². The number of ketones is 1. The zero-order valence-electron chi connectivity index (χ0n) is 88.1. The summed E-state index contributed by atoms with van der Waals surface area (Å²) in [6.07, 6.45) is 5.09. The van der Waals surface area contributed by atoms with Gasteiger partial charge in [-0.2, -0.15) is 0 Å². The van der Waals surface area contributed by atoms with E-state index in [0.717, 1.165) is 38.4 Å². The number of amides is 12. The molecular formula is C107H156N16O25. The van der Waals surface area contributed by atoms with Crippen LogP contribution in [0, 0.1) is 29.6 Å². The monoisotopic (exact) mass is 2070 g/mol. The highest BCUT2D eigenvalue weighted by atomic mass is 16.6. The van der Waals surface area contributed by atoms with E-state index in [4.69, 9.17) is 57.8 Å². The number of carboxylic acids is 1. The van der Waals surface area contributed by atoms with Crippen molar-refractivity contribution in [2.24, 2.45) is 35.3 Å². The van der Waals surface area contributed by atoms with Gasteiger partial charge in [0.15, 0.2) is 0 Å². The molecule has 0 saturated carbocycles. The number of pyridine rings is 1. The third-order valence-electron chi connectivity index (χ3n) is 26.0. The first-order valence-electron chi connectivity index (χ1n) is 51.4. The number of carbonyl (C=O) groups is 13. The van der Waals surface area contributed by atoms with E-state index >= 15 is 0 Å². The molecule has 0 radical (unpaired) electrons. The number of hydrogen-bond donors (Lipinski definition) is 9. The lowest BCUT2D eigenvalue weighted by Gasteiger charge is -2.41. The fraction of sp³-hybridized carbons (Fsp3) is 0.589. The molecular weight excluding hydrogens is 1910 g/mol. The molecule has 10 N–H and O–H groups in total. The Morgan fingerprint density at radius 3 is 1.75 bits per heavy atom. The number of hydrogen-bond acceptors (Lipinski definition) is 27. The number of likely N-dealkylation sites (tertiary alicyclic amines) is 1. The van der Waals surface area contributed by atoms with E-state index in [0.29, 0.717) is 134 Å². The fourth-order valence-electron chi connectivity index (χ4n) is 17.7. The van der Waals surface area contributed by atoms with Crippen LogP contribution in [0.5, 0.6) is 0 Å². The van der Waals surface area contributed by atoms with Crippen LogP contribution in [0.4, 0.5) is 21.0 Å². The number of urea groups is 1. The van der Waals surface area contributed by atoms with E-state index in [9.17, 15) is 67.4 Å². The summed E-state index contributed by atoms with van der Waals surface area (Å²) in [5.41, 5.74) is 12.5. The van der Waals surface area contributed by atoms with Gasteiger partial charge in [0.25, 0.3) is 0 Å². The summed E-state index contributed by atoms with van der Waals surface area (Å²) >= 11 is 0. The zero-order valence-corrected chi connectivity index (χ0v) is 88.1. The average Bonchev–Trinajstić information content (AvgIpc) is 1.59. The molecule has 4 heterocycles. The number of aromatic nitrogens is 4. The van der Waals surface area contributed by atoms with Gasteiger partial charge in [0, 0.05) is 122 Å². The van der Waals surface area contributed by atoms with Crippen molar-refractivity contribution in [1.29, 1.82) is 0 Å². The van der Waals surface area contributed by atoms with Crippen LogP contribution in [0.2, 0.25) is 0 Å². The number of aryl methyl sites for hydroxylation is 1. The second kappa shape index (κ2) is 65.5. The van der Waals surface area contributed by atoms with E-state index < -0.39 is 132 Å². The number of carboxylic acid groups (broad SMARTS) is 1. The number of methoxy groups -OCH3 is 2. The molecule has 6 aromatic rings. The molecule has 2 aliphatic heterocycles. The van der Waals surface area contributed by atoms with E-state index in [1.165, 1.54) is 26.2 Å². The van der Waals surface area contributed by atoms with Crippen molar-refractivity contribution in [2.45, 2.75) is 226 Å². The van der Waals surface area contributed by atoms with Gasteiger partial charge in [-0.05, 0) is 115 Å². The number of carbonyl (C=O) groups excluding carboxylic acids is 12. The van der Waals surface area contributed by atoms with Crippen LogP contribution in [0.15, 0.2) is 128 Å². The molecule has 12 amide bonds. The van der Waals surface area contributed by atoms with Crippen LogP contribution in [-0.2, 0) is 137 Å². The SMILES string of the molecule is CC[C@H](C)[C@@H]([C@@H](CC(=O)N1CCC[C@H]1[C@H](OC)[C@@H](C)C(=O)N[C@@H](Cc1ccccc1)C(=O)O)OC)N(C)C(=O)[C@@H](NC(=O)[C@H](C(C)C)N(C)C(=O)OCc1ccc(NC(=O)[C@H](CCCNC(N)=O)NC(=O)[C@@H](NC(=O)CCOCCOCCOCCOCCNC(=O)CCC(=O)N2Cc3ccccc3-c3nnn(CCOCCOCCOCCOCCCC(=O)CCc4ccncc4)c3-c3ccccc32)C(C)C)cc1)C(C)C. The Bertz CT molecular complexity index is 5120. The highest BCUT2D eigenvalue weighted by molar-refractivity contribution is 6.02. The third-order valence-corrected chi connectivity index (χ3v) is 26.0. The molecule has 41 nitrogen and oxygen atoms in total. The van der Waals surface area contributed by atoms with Crippen LogP contribution < -0.4 is 47.9 Å². The first-order chi connectivity index (χ1) is 71.2. The number of benzene rings is 4. The van der Waals surface area contributed by atoms with Gasteiger partial charge in [0.1, 0.15) is 48.3 Å². The van der Waals surface area contributed by atoms with Gasteiger partial charge in [-0.15, -0.1) is 5.10 Å². The third kappa shape index (κ3) is 40.0. The van der Waals surface area contributed by atoms with Crippen molar-refractivity contribution >= 4 is 88.4 Å². The smallest absolute Gasteiger partial charge is 0.410 e. The van der Waals surface area contributed by atoms with E-state index in [2.05, 4.69) is 52.5 Å². The van der Waals surface area contributed by atoms with Crippen molar-refractivity contribution in [2.75, 3.05) is 164 Å². The number of likely N-dealkylation sites (N-methyl/N-ethyl adjacent to an activating group) is 2. The average molecular weight is 2070 g/mol. The maximum Gasteiger partial charge on any atom is 0.410 e. The maximum absolute atomic E-state index is 14.9. The van der Waals surface area contributed by atoms with Crippen LogP contribution in [-0.4, -0.2) is 325 Å². The van der Waals surface area contributed by atoms with Gasteiger partial charge in [-0.25, -0.2) is 19.1 Å². The number of primary amides is 1. The molecule has 814 valence electrons. The molecule has 41 heteroatoms. The van der Waals surface area contributed by atoms with Crippen LogP contribution >= 0.6 is 0 Å². The number of para-hydroxylation sites is 1. The summed E-state index contributed by atoms with van der Waals surface area (Å²) in [5, 5.41) is 38.5. The number of Topliss-reactive ketones (excluding diaryl/α,β-unsaturated/α-hetero) is 1. The number of fused-ring (bicyclic) bond motifs is 5. The molecule has 2 aromatic heterocycles. The van der Waals surface area contributed by atoms with Crippen molar-refractivity contribution in [3.63, 3.8) is 0 Å². The molecule has 0 unspecified atom stereocenters. The maximum atomic E-state index is 14.9. The Labute approximate surface area is 868 Å². The van der Waals surface area contributed by atoms with E-state index in [-0.39, 0.29) is 153 Å². The van der Waals surface area contributed by atoms with Gasteiger partial charge in [-0.3, -0.25) is 57.8 Å². The second-order valence-electron chi connectivity index (χ2n) is 37.9. The minimum Gasteiger partial charge on any atom is -0.480 e. The Morgan fingerprint density at radius 1 is 0.534 bits per heavy atom. The Morgan fingerprint density at radius 2 is 1.14 bits per heavy atom. The topological polar surface area (TPSA) is 510 Å². The van der Waals surface area contributed by atoms with Gasteiger partial charge in [-0.1, -0.05) is 159 Å². The minimum absolute atomic E-state index is 0.0117. The van der Waals surface area contributed by atoms with Gasteiger partial charge in [0.05, 0.1) is 160 Å². The minimum atomic E-state index is -1.20. The number of nitrogens with one attached hydrogen (secondary N) is 7. The van der Waals surface area contributed by atoms with Crippen molar-refractivity contribution < 1.29 is 120 Å². The molecule has 1 saturated heterocycles. The lowest BCUT2D eigenvalue weighted by Crippen LogP contribution is -2.60. The molecule has 0 aliphatic carbocycles. The number of rotatable bonds is 70. The van der Waals surface area contributed by atoms with Gasteiger partial charge >= 0.3 is 18.1 Å². The molecule has 11 atom stereocenters. The summed E-state index contributed by atoms with van der Waals surface area (Å²) in [7, 11) is 5.96. The Balaban J connectivity index is 0.687. The summed E-state index contributed by atoms with van der Waals surface area (Å²) in [4.78, 5) is 187. The molecule has 1 fully saturated rings. The Hall–Kier alpha value is -12.3. The van der Waals surface area contributed by atoms with Gasteiger partial charge < -0.3 is 115 Å². The predicted molar refractivity (Wildman–Crippen MR) is 552 cm³/mol. The highest BCUT2D eigenvalue weighted by Gasteiger charge is 2.45. The lowest BCUT2D eigenvalue weighted by molar-refractivity contribution is -0.148. The normalized spacial score (nSPS) is 14.8. The fourth-order valence-corrected chi connectivity index (χ4v) is 17.7. The van der Waals surface area contributed by atoms with Crippen LogP contribution in [0.25, 0.3) is 22.5 Å². The number of nitrogens with zero attached hydrogens (tertiary/aromatic N) is 8. The summed E-state index contributed by atoms with van der Waals surface area (Å²) in [6, 6.07) is 26.9. The number of anilines is 2. The Kier molecular flexibility index (Phi) is 53.5. The van der Waals surface area contributed by atoms with E-state index in [1.54, 1.807) is 131 Å². The highest BCUT2D eigenvalue weighted by Crippen LogP contribution is 2.42. The first kappa shape index (κ1) is 121. The van der Waals surface area contributed by atoms with Crippen molar-refractivity contribution in [1.82, 2.24) is 66.6 Å². The van der Waals surface area contributed by atoms with Crippen molar-refractivity contribution in [3.8, 4) is 22.5 Å². The first-order valence-corrected chi connectivity index (χ1v) is 51.4. The second-order valence-corrected chi connectivity index (χ2v) is 37.9. The summed E-state index contributed by atoms with van der Waals surface area (Å²) in [5.74, 6) is -7.58. The van der Waals surface area contributed by atoms with Gasteiger partial charge in [0.2, 0.25) is 53.2 Å². The van der Waals surface area contributed by atoms with Crippen molar-refractivity contribution in [3.05, 3.63) is 150 Å². The zero-order chi connectivity index (χ0) is 107. The summed E-state index contributed by atoms with van der Waals surface area (Å²) in [6.45, 7) is 21.9. The molecule has 0 bridgehead atoms. The van der Waals surface area contributed by atoms with E-state index in [1.807, 2.05) is 80.6 Å². The predicted octanol–water partition coefficient (Wildman–Crippen LogP) is 8.43. The largest absolute Gasteiger partial charge is 0.480 e. The molecule has 0 spiro atoms. The lowest BCUT2D eigenvalue weighted by atomic mass is 9.89. The number of ether oxygens (including phenoxy) is 11. The number of nitrogens with two attached hydrogens (primary N) is 1. The quantitative estimate of drug-likeness (QED) is 0.0162.